The van der Waals surface area contributed by atoms with Crippen LogP contribution in [0.1, 0.15) is 20.7 Å². The number of carbonyl (C=O) groups is 2. The smallest absolute Gasteiger partial charge is 0.343 e. The first-order valence-corrected chi connectivity index (χ1v) is 6.07. The number of rotatable bonds is 6. The lowest BCUT2D eigenvalue weighted by molar-refractivity contribution is 0.0543. The highest BCUT2D eigenvalue weighted by atomic mass is 16.5. The lowest BCUT2D eigenvalue weighted by atomic mass is 10.0. The molecule has 0 fully saturated rings. The van der Waals surface area contributed by atoms with Crippen molar-refractivity contribution in [1.29, 1.82) is 0 Å². The molecule has 110 valence electrons. The van der Waals surface area contributed by atoms with Crippen LogP contribution >= 0.6 is 0 Å². The van der Waals surface area contributed by atoms with Crippen LogP contribution in [0.2, 0.25) is 0 Å². The second-order valence-electron chi connectivity index (χ2n) is 4.02. The van der Waals surface area contributed by atoms with Crippen LogP contribution in [0.5, 0.6) is 11.5 Å². The maximum absolute atomic E-state index is 12.2. The van der Waals surface area contributed by atoms with Crippen LogP contribution in [-0.4, -0.2) is 33.1 Å². The molecule has 0 radical (unpaired) electrons. The maximum Gasteiger partial charge on any atom is 0.343 e. The third-order valence-corrected chi connectivity index (χ3v) is 2.92. The number of ether oxygens (including phenoxy) is 3. The molecular weight excluding hydrogens is 276 g/mol. The van der Waals surface area contributed by atoms with E-state index in [1.165, 1.54) is 26.6 Å². The van der Waals surface area contributed by atoms with E-state index in [-0.39, 0.29) is 29.2 Å². The monoisotopic (exact) mass is 290 g/mol. The van der Waals surface area contributed by atoms with Crippen LogP contribution in [0.15, 0.2) is 29.4 Å². The number of benzene rings is 1. The minimum absolute atomic E-state index is 0.0000926. The number of carbonyl (C=O) groups excluding carboxylic acids is 2. The number of furan rings is 1. The van der Waals surface area contributed by atoms with Crippen molar-refractivity contribution in [2.75, 3.05) is 20.8 Å². The molecule has 6 nitrogen and oxygen atoms in total. The third-order valence-electron chi connectivity index (χ3n) is 2.92. The third kappa shape index (κ3) is 2.35. The lowest BCUT2D eigenvalue weighted by Gasteiger charge is -2.14. The van der Waals surface area contributed by atoms with E-state index in [4.69, 9.17) is 18.6 Å². The van der Waals surface area contributed by atoms with Gasteiger partial charge in [-0.1, -0.05) is 12.7 Å². The average molecular weight is 290 g/mol. The Morgan fingerprint density at radius 3 is 2.62 bits per heavy atom. The zero-order valence-corrected chi connectivity index (χ0v) is 11.7. The number of aldehydes is 1. The van der Waals surface area contributed by atoms with Crippen LogP contribution in [0, 0.1) is 0 Å². The van der Waals surface area contributed by atoms with Gasteiger partial charge >= 0.3 is 5.97 Å². The Kier molecular flexibility index (Phi) is 4.27. The normalized spacial score (nSPS) is 10.2. The zero-order chi connectivity index (χ0) is 15.4. The van der Waals surface area contributed by atoms with E-state index in [2.05, 4.69) is 6.58 Å². The first kappa shape index (κ1) is 14.6. The fourth-order valence-corrected chi connectivity index (χ4v) is 2.09. The molecule has 0 unspecified atom stereocenters. The summed E-state index contributed by atoms with van der Waals surface area (Å²) in [6, 6.07) is 1.62. The van der Waals surface area contributed by atoms with Gasteiger partial charge in [0.15, 0.2) is 17.6 Å². The summed E-state index contributed by atoms with van der Waals surface area (Å²) < 4.78 is 20.8. The summed E-state index contributed by atoms with van der Waals surface area (Å²) >= 11 is 0. The molecule has 21 heavy (non-hydrogen) atoms. The molecule has 1 heterocycles. The summed E-state index contributed by atoms with van der Waals surface area (Å²) in [6.07, 6.45) is 3.36. The Hall–Kier alpha value is -2.76. The Morgan fingerprint density at radius 1 is 1.33 bits per heavy atom. The molecule has 0 aliphatic rings. The van der Waals surface area contributed by atoms with E-state index >= 15 is 0 Å². The van der Waals surface area contributed by atoms with Crippen LogP contribution in [0.4, 0.5) is 0 Å². The highest BCUT2D eigenvalue weighted by molar-refractivity contribution is 6.10. The second kappa shape index (κ2) is 6.13. The molecule has 6 heteroatoms. The number of fused-ring (bicyclic) bond motifs is 1. The molecule has 0 saturated heterocycles. The van der Waals surface area contributed by atoms with E-state index in [0.29, 0.717) is 17.3 Å². The van der Waals surface area contributed by atoms with Crippen molar-refractivity contribution >= 4 is 23.2 Å². The van der Waals surface area contributed by atoms with Gasteiger partial charge in [0, 0.05) is 0 Å². The molecule has 0 bridgehead atoms. The number of methoxy groups -OCH3 is 2. The number of hydrogen-bond acceptors (Lipinski definition) is 6. The quantitative estimate of drug-likeness (QED) is 0.462. The Balaban J connectivity index is 2.79. The standard InChI is InChI=1S/C15H14O6/c1-4-6-21-15(17)11-10(8-16)13(19-3)14-9(5-7-20-14)12(11)18-2/h4-5,7-8H,1,6H2,2-3H3. The van der Waals surface area contributed by atoms with Crippen molar-refractivity contribution < 1.29 is 28.2 Å². The average Bonchev–Trinajstić information content (AvgIpc) is 2.98. The zero-order valence-electron chi connectivity index (χ0n) is 11.7. The van der Waals surface area contributed by atoms with Crippen LogP contribution in [0.25, 0.3) is 11.0 Å². The van der Waals surface area contributed by atoms with Gasteiger partial charge in [-0.25, -0.2) is 4.79 Å². The summed E-state index contributed by atoms with van der Waals surface area (Å²) in [5, 5.41) is 0.519. The maximum atomic E-state index is 12.2. The van der Waals surface area contributed by atoms with Gasteiger partial charge in [0.1, 0.15) is 17.9 Å². The molecule has 2 rings (SSSR count). The summed E-state index contributed by atoms with van der Waals surface area (Å²) in [4.78, 5) is 23.6. The van der Waals surface area contributed by atoms with E-state index in [1.807, 2.05) is 0 Å². The summed E-state index contributed by atoms with van der Waals surface area (Å²) in [6.45, 7) is 3.49. The van der Waals surface area contributed by atoms with Gasteiger partial charge in [-0.3, -0.25) is 4.79 Å². The first-order valence-electron chi connectivity index (χ1n) is 6.07. The molecular formula is C15H14O6. The second-order valence-corrected chi connectivity index (χ2v) is 4.02. The summed E-state index contributed by atoms with van der Waals surface area (Å²) in [7, 11) is 2.78. The van der Waals surface area contributed by atoms with Crippen LogP contribution in [-0.2, 0) is 4.74 Å². The molecule has 1 aromatic carbocycles. The van der Waals surface area contributed by atoms with Gasteiger partial charge in [-0.05, 0) is 6.07 Å². The lowest BCUT2D eigenvalue weighted by Crippen LogP contribution is -2.12. The summed E-state index contributed by atoms with van der Waals surface area (Å²) in [5.41, 5.74) is 0.350. The van der Waals surface area contributed by atoms with E-state index < -0.39 is 5.97 Å². The number of esters is 1. The summed E-state index contributed by atoms with van der Waals surface area (Å²) in [5.74, 6) is -0.331. The minimum Gasteiger partial charge on any atom is -0.495 e. The molecule has 0 atom stereocenters. The van der Waals surface area contributed by atoms with E-state index in [1.54, 1.807) is 6.07 Å². The van der Waals surface area contributed by atoms with Gasteiger partial charge < -0.3 is 18.6 Å². The molecule has 0 aliphatic carbocycles. The van der Waals surface area contributed by atoms with Crippen molar-refractivity contribution in [2.24, 2.45) is 0 Å². The minimum atomic E-state index is -0.699. The van der Waals surface area contributed by atoms with Crippen molar-refractivity contribution in [3.05, 3.63) is 36.1 Å². The van der Waals surface area contributed by atoms with E-state index in [9.17, 15) is 9.59 Å². The SMILES string of the molecule is C=CCOC(=O)c1c(C=O)c(OC)c2occc2c1OC. The molecule has 0 spiro atoms. The number of hydrogen-bond donors (Lipinski definition) is 0. The highest BCUT2D eigenvalue weighted by Crippen LogP contribution is 2.41. The Bertz CT molecular complexity index is 698. The van der Waals surface area contributed by atoms with Crippen molar-refractivity contribution in [2.45, 2.75) is 0 Å². The van der Waals surface area contributed by atoms with Gasteiger partial charge in [-0.2, -0.15) is 0 Å². The molecule has 2 aromatic rings. The van der Waals surface area contributed by atoms with Crippen LogP contribution < -0.4 is 9.47 Å². The van der Waals surface area contributed by atoms with Gasteiger partial charge in [0.05, 0.1) is 31.4 Å². The largest absolute Gasteiger partial charge is 0.495 e. The first-order chi connectivity index (χ1) is 10.2. The molecule has 0 amide bonds. The van der Waals surface area contributed by atoms with Crippen molar-refractivity contribution in [1.82, 2.24) is 0 Å². The molecule has 0 aliphatic heterocycles. The highest BCUT2D eigenvalue weighted by Gasteiger charge is 2.28. The molecule has 1 aromatic heterocycles. The van der Waals surface area contributed by atoms with E-state index in [0.717, 1.165) is 0 Å². The van der Waals surface area contributed by atoms with Gasteiger partial charge in [-0.15, -0.1) is 0 Å². The predicted molar refractivity (Wildman–Crippen MR) is 75.2 cm³/mol. The van der Waals surface area contributed by atoms with Crippen molar-refractivity contribution in [3.8, 4) is 11.5 Å². The van der Waals surface area contributed by atoms with Gasteiger partial charge in [0.25, 0.3) is 0 Å². The fourth-order valence-electron chi connectivity index (χ4n) is 2.09. The fraction of sp³-hybridized carbons (Fsp3) is 0.200. The topological polar surface area (TPSA) is 75.0 Å². The van der Waals surface area contributed by atoms with Gasteiger partial charge in [0.2, 0.25) is 0 Å². The van der Waals surface area contributed by atoms with Crippen molar-refractivity contribution in [3.63, 3.8) is 0 Å². The molecule has 0 saturated carbocycles. The molecule has 0 N–H and O–H groups in total. The Labute approximate surface area is 120 Å². The Morgan fingerprint density at radius 2 is 2.05 bits per heavy atom. The predicted octanol–water partition coefficient (Wildman–Crippen LogP) is 2.61. The van der Waals surface area contributed by atoms with Crippen LogP contribution in [0.3, 0.4) is 0 Å².